The molecule has 1 aliphatic rings. The molecule has 1 aliphatic heterocycles. The van der Waals surface area contributed by atoms with Crippen molar-refractivity contribution in [2.24, 2.45) is 5.92 Å². The van der Waals surface area contributed by atoms with Gasteiger partial charge in [0, 0.05) is 13.1 Å². The predicted octanol–water partition coefficient (Wildman–Crippen LogP) is 1.13. The summed E-state index contributed by atoms with van der Waals surface area (Å²) < 4.78 is 4.81. The summed E-state index contributed by atoms with van der Waals surface area (Å²) in [5.74, 6) is -0.421. The van der Waals surface area contributed by atoms with E-state index in [1.54, 1.807) is 4.90 Å². The van der Waals surface area contributed by atoms with Crippen LogP contribution in [0.3, 0.4) is 0 Å². The number of likely N-dealkylation sites (tertiary alicyclic amines) is 1. The van der Waals surface area contributed by atoms with Crippen LogP contribution in [0.1, 0.15) is 32.6 Å². The molecule has 0 aromatic carbocycles. The summed E-state index contributed by atoms with van der Waals surface area (Å²) in [5, 5.41) is 8.40. The average molecular weight is 243 g/mol. The highest BCUT2D eigenvalue weighted by atomic mass is 16.5. The lowest BCUT2D eigenvalue weighted by Gasteiger charge is -2.20. The van der Waals surface area contributed by atoms with Crippen LogP contribution in [0.5, 0.6) is 0 Å². The maximum Gasteiger partial charge on any atom is 0.329 e. The maximum absolute atomic E-state index is 11.7. The van der Waals surface area contributed by atoms with Gasteiger partial charge in [-0.15, -0.1) is 0 Å². The number of rotatable bonds is 5. The number of carbonyl (C=O) groups is 2. The van der Waals surface area contributed by atoms with E-state index < -0.39 is 12.6 Å². The number of carboxylic acids is 1. The van der Waals surface area contributed by atoms with Crippen LogP contribution in [0.2, 0.25) is 0 Å². The Kier molecular flexibility index (Phi) is 5.97. The molecule has 0 bridgehead atoms. The Hall–Kier alpha value is -1.10. The smallest absolute Gasteiger partial charge is 0.329 e. The van der Waals surface area contributed by atoms with Crippen molar-refractivity contribution in [3.05, 3.63) is 0 Å². The summed E-state index contributed by atoms with van der Waals surface area (Å²) in [4.78, 5) is 23.8. The number of carboxylic acid groups (broad SMARTS) is 1. The summed E-state index contributed by atoms with van der Waals surface area (Å²) in [6.07, 6.45) is 4.41. The number of carbonyl (C=O) groups excluding carboxylic acids is 1. The van der Waals surface area contributed by atoms with Crippen LogP contribution in [0.25, 0.3) is 0 Å². The van der Waals surface area contributed by atoms with E-state index in [0.29, 0.717) is 5.92 Å². The third-order valence-electron chi connectivity index (χ3n) is 3.23. The first-order chi connectivity index (χ1) is 8.13. The molecular formula is C12H21NO4. The van der Waals surface area contributed by atoms with E-state index in [-0.39, 0.29) is 12.5 Å². The molecule has 1 fully saturated rings. The minimum Gasteiger partial charge on any atom is -0.480 e. The molecule has 1 N–H and O–H groups in total. The van der Waals surface area contributed by atoms with Gasteiger partial charge in [-0.3, -0.25) is 4.79 Å². The number of amides is 1. The summed E-state index contributed by atoms with van der Waals surface area (Å²) in [7, 11) is 0. The Balaban J connectivity index is 2.29. The van der Waals surface area contributed by atoms with Crippen molar-refractivity contribution < 1.29 is 19.4 Å². The van der Waals surface area contributed by atoms with E-state index in [1.807, 2.05) is 0 Å². The van der Waals surface area contributed by atoms with E-state index in [1.165, 1.54) is 6.42 Å². The molecule has 0 spiro atoms. The highest BCUT2D eigenvalue weighted by molar-refractivity contribution is 5.78. The third kappa shape index (κ3) is 5.17. The van der Waals surface area contributed by atoms with Gasteiger partial charge in [-0.25, -0.2) is 4.79 Å². The minimum absolute atomic E-state index is 0.0944. The van der Waals surface area contributed by atoms with Crippen molar-refractivity contribution in [1.82, 2.24) is 4.90 Å². The van der Waals surface area contributed by atoms with Crippen LogP contribution in [-0.4, -0.2) is 48.2 Å². The molecule has 1 atom stereocenters. The lowest BCUT2D eigenvalue weighted by atomic mass is 9.98. The molecule has 98 valence electrons. The molecule has 5 nitrogen and oxygen atoms in total. The zero-order valence-electron chi connectivity index (χ0n) is 10.4. The first-order valence-electron chi connectivity index (χ1n) is 6.20. The largest absolute Gasteiger partial charge is 0.480 e. The Labute approximate surface area is 102 Å². The fraction of sp³-hybridized carbons (Fsp3) is 0.833. The fourth-order valence-corrected chi connectivity index (χ4v) is 2.14. The van der Waals surface area contributed by atoms with Crippen LogP contribution in [0.4, 0.5) is 0 Å². The summed E-state index contributed by atoms with van der Waals surface area (Å²) in [5.41, 5.74) is 0. The van der Waals surface area contributed by atoms with Crippen molar-refractivity contribution in [2.45, 2.75) is 32.6 Å². The van der Waals surface area contributed by atoms with Crippen LogP contribution in [0, 0.1) is 5.92 Å². The van der Waals surface area contributed by atoms with Crippen LogP contribution in [0.15, 0.2) is 0 Å². The molecule has 0 radical (unpaired) electrons. The molecule has 1 unspecified atom stereocenters. The molecule has 1 rings (SSSR count). The van der Waals surface area contributed by atoms with E-state index in [0.717, 1.165) is 32.4 Å². The van der Waals surface area contributed by atoms with Gasteiger partial charge in [0.1, 0.15) is 13.2 Å². The maximum atomic E-state index is 11.7. The Morgan fingerprint density at radius 3 is 2.71 bits per heavy atom. The molecule has 0 saturated carbocycles. The third-order valence-corrected chi connectivity index (χ3v) is 3.23. The Morgan fingerprint density at radius 2 is 2.06 bits per heavy atom. The van der Waals surface area contributed by atoms with E-state index in [9.17, 15) is 9.59 Å². The topological polar surface area (TPSA) is 66.8 Å². The first kappa shape index (κ1) is 14.0. The molecule has 0 aromatic heterocycles. The Bertz CT molecular complexity index is 267. The number of nitrogens with zero attached hydrogens (tertiary/aromatic N) is 1. The molecule has 5 heteroatoms. The molecule has 1 saturated heterocycles. The lowest BCUT2D eigenvalue weighted by molar-refractivity contribution is -0.145. The van der Waals surface area contributed by atoms with Crippen molar-refractivity contribution in [1.29, 1.82) is 0 Å². The molecular weight excluding hydrogens is 222 g/mol. The molecule has 17 heavy (non-hydrogen) atoms. The van der Waals surface area contributed by atoms with Gasteiger partial charge < -0.3 is 14.7 Å². The van der Waals surface area contributed by atoms with Gasteiger partial charge in [0.05, 0.1) is 0 Å². The second-order valence-electron chi connectivity index (χ2n) is 4.47. The summed E-state index contributed by atoms with van der Waals surface area (Å²) >= 11 is 0. The second kappa shape index (κ2) is 7.27. The number of hydrogen-bond donors (Lipinski definition) is 1. The van der Waals surface area contributed by atoms with Crippen molar-refractivity contribution >= 4 is 11.9 Å². The predicted molar refractivity (Wildman–Crippen MR) is 62.7 cm³/mol. The minimum atomic E-state index is -1.04. The molecule has 1 heterocycles. The van der Waals surface area contributed by atoms with E-state index in [4.69, 9.17) is 9.84 Å². The fourth-order valence-electron chi connectivity index (χ4n) is 2.14. The van der Waals surface area contributed by atoms with Gasteiger partial charge in [-0.05, 0) is 25.2 Å². The number of ether oxygens (including phenoxy) is 1. The standard InChI is InChI=1S/C12H21NO4/c1-2-10-4-3-6-13(7-5-10)11(14)8-17-9-12(15)16/h10H,2-9H2,1H3,(H,15,16). The molecule has 1 amide bonds. The lowest BCUT2D eigenvalue weighted by Crippen LogP contribution is -2.35. The van der Waals surface area contributed by atoms with Gasteiger partial charge in [-0.2, -0.15) is 0 Å². The van der Waals surface area contributed by atoms with E-state index in [2.05, 4.69) is 6.92 Å². The summed E-state index contributed by atoms with van der Waals surface area (Å²) in [6, 6.07) is 0. The quantitative estimate of drug-likeness (QED) is 0.786. The van der Waals surface area contributed by atoms with Gasteiger partial charge in [0.25, 0.3) is 0 Å². The van der Waals surface area contributed by atoms with Crippen LogP contribution < -0.4 is 0 Å². The zero-order valence-corrected chi connectivity index (χ0v) is 10.4. The van der Waals surface area contributed by atoms with Gasteiger partial charge in [0.15, 0.2) is 0 Å². The highest BCUT2D eigenvalue weighted by Gasteiger charge is 2.19. The van der Waals surface area contributed by atoms with Crippen LogP contribution in [-0.2, 0) is 14.3 Å². The highest BCUT2D eigenvalue weighted by Crippen LogP contribution is 2.20. The number of aliphatic carboxylic acids is 1. The van der Waals surface area contributed by atoms with Gasteiger partial charge in [0.2, 0.25) is 5.91 Å². The van der Waals surface area contributed by atoms with Gasteiger partial charge >= 0.3 is 5.97 Å². The molecule has 0 aliphatic carbocycles. The zero-order chi connectivity index (χ0) is 12.7. The average Bonchev–Trinajstić information content (AvgIpc) is 2.53. The molecule has 0 aromatic rings. The van der Waals surface area contributed by atoms with Crippen LogP contribution >= 0.6 is 0 Å². The Morgan fingerprint density at radius 1 is 1.29 bits per heavy atom. The van der Waals surface area contributed by atoms with Crippen molar-refractivity contribution in [3.63, 3.8) is 0 Å². The number of hydrogen-bond acceptors (Lipinski definition) is 3. The van der Waals surface area contributed by atoms with E-state index >= 15 is 0 Å². The normalized spacial score (nSPS) is 21.0. The van der Waals surface area contributed by atoms with Crippen molar-refractivity contribution in [2.75, 3.05) is 26.3 Å². The van der Waals surface area contributed by atoms with Gasteiger partial charge in [-0.1, -0.05) is 13.3 Å². The summed E-state index contributed by atoms with van der Waals surface area (Å²) in [6.45, 7) is 3.19. The monoisotopic (exact) mass is 243 g/mol. The first-order valence-corrected chi connectivity index (χ1v) is 6.20. The SMILES string of the molecule is CCC1CCCN(C(=O)COCC(=O)O)CC1. The van der Waals surface area contributed by atoms with Crippen molar-refractivity contribution in [3.8, 4) is 0 Å². The second-order valence-corrected chi connectivity index (χ2v) is 4.47.